The summed E-state index contributed by atoms with van der Waals surface area (Å²) in [5.74, 6) is -1.07. The van der Waals surface area contributed by atoms with Crippen LogP contribution >= 0.6 is 0 Å². The van der Waals surface area contributed by atoms with Gasteiger partial charge in [-0.25, -0.2) is 9.59 Å². The maximum Gasteiger partial charge on any atom is 0.326 e. The maximum atomic E-state index is 11.9. The molecule has 1 saturated heterocycles. The van der Waals surface area contributed by atoms with Gasteiger partial charge in [0.25, 0.3) is 0 Å². The largest absolute Gasteiger partial charge is 0.480 e. The molecule has 112 valence electrons. The zero-order valence-corrected chi connectivity index (χ0v) is 11.7. The van der Waals surface area contributed by atoms with E-state index in [0.717, 1.165) is 38.8 Å². The van der Waals surface area contributed by atoms with Crippen molar-refractivity contribution in [2.24, 2.45) is 5.92 Å². The lowest BCUT2D eigenvalue weighted by molar-refractivity contribution is -0.139. The van der Waals surface area contributed by atoms with Crippen molar-refractivity contribution in [3.05, 3.63) is 0 Å². The average molecular weight is 283 g/mol. The number of likely N-dealkylation sites (tertiary alicyclic amines) is 1. The first-order valence-electron chi connectivity index (χ1n) is 7.01. The molecule has 7 nitrogen and oxygen atoms in total. The Balaban J connectivity index is 1.81. The van der Waals surface area contributed by atoms with E-state index >= 15 is 0 Å². The number of likely N-dealkylation sites (N-methyl/N-ethyl adjacent to an activating group) is 1. The van der Waals surface area contributed by atoms with Gasteiger partial charge in [0.15, 0.2) is 0 Å². The Hall–Kier alpha value is -1.79. The molecule has 0 aromatic rings. The molecule has 0 spiro atoms. The second-order valence-electron chi connectivity index (χ2n) is 5.55. The molecule has 20 heavy (non-hydrogen) atoms. The smallest absolute Gasteiger partial charge is 0.326 e. The number of urea groups is 1. The van der Waals surface area contributed by atoms with Crippen LogP contribution in [0.25, 0.3) is 0 Å². The number of carboxylic acids is 1. The molecule has 1 unspecified atom stereocenters. The van der Waals surface area contributed by atoms with Gasteiger partial charge >= 0.3 is 12.0 Å². The Bertz CT molecular complexity index is 402. The normalized spacial score (nSPS) is 19.6. The molecule has 2 aliphatic rings. The number of carboxylic acid groups (broad SMARTS) is 1. The molecule has 2 rings (SSSR count). The molecule has 1 aliphatic heterocycles. The number of hydrogen-bond acceptors (Lipinski definition) is 3. The third-order valence-corrected chi connectivity index (χ3v) is 3.82. The highest BCUT2D eigenvalue weighted by atomic mass is 16.4. The van der Waals surface area contributed by atoms with Gasteiger partial charge in [0, 0.05) is 20.1 Å². The molecule has 0 radical (unpaired) electrons. The fraction of sp³-hybridized carbons (Fsp3) is 0.769. The molecule has 1 saturated carbocycles. The number of amides is 3. The van der Waals surface area contributed by atoms with Gasteiger partial charge < -0.3 is 20.2 Å². The Morgan fingerprint density at radius 2 is 1.90 bits per heavy atom. The Morgan fingerprint density at radius 1 is 1.30 bits per heavy atom. The minimum atomic E-state index is -1.01. The highest BCUT2D eigenvalue weighted by Gasteiger charge is 2.38. The summed E-state index contributed by atoms with van der Waals surface area (Å²) in [5.41, 5.74) is 0. The minimum absolute atomic E-state index is 0.0111. The fourth-order valence-electron chi connectivity index (χ4n) is 2.40. The van der Waals surface area contributed by atoms with Gasteiger partial charge in [-0.2, -0.15) is 0 Å². The third-order valence-electron chi connectivity index (χ3n) is 3.82. The molecule has 0 aromatic carbocycles. The van der Waals surface area contributed by atoms with E-state index in [1.807, 2.05) is 0 Å². The van der Waals surface area contributed by atoms with Crippen molar-refractivity contribution in [1.29, 1.82) is 0 Å². The first kappa shape index (κ1) is 14.6. The summed E-state index contributed by atoms with van der Waals surface area (Å²) >= 11 is 0. The number of rotatable bonds is 5. The predicted octanol–water partition coefficient (Wildman–Crippen LogP) is 0.113. The van der Waals surface area contributed by atoms with Crippen molar-refractivity contribution in [1.82, 2.24) is 15.1 Å². The number of nitrogens with one attached hydrogen (secondary N) is 1. The van der Waals surface area contributed by atoms with Crippen LogP contribution in [-0.4, -0.2) is 65.5 Å². The van der Waals surface area contributed by atoms with Gasteiger partial charge in [-0.3, -0.25) is 4.79 Å². The molecular weight excluding hydrogens is 262 g/mol. The molecule has 1 atom stereocenters. The minimum Gasteiger partial charge on any atom is -0.480 e. The van der Waals surface area contributed by atoms with Gasteiger partial charge in [0.2, 0.25) is 5.91 Å². The van der Waals surface area contributed by atoms with Crippen LogP contribution in [-0.2, 0) is 9.59 Å². The fourth-order valence-corrected chi connectivity index (χ4v) is 2.40. The molecule has 0 aromatic heterocycles. The van der Waals surface area contributed by atoms with Crippen LogP contribution in [0.4, 0.5) is 4.79 Å². The van der Waals surface area contributed by atoms with Crippen LogP contribution in [0.5, 0.6) is 0 Å². The van der Waals surface area contributed by atoms with E-state index in [4.69, 9.17) is 5.11 Å². The number of nitrogens with zero attached hydrogens (tertiary/aromatic N) is 2. The summed E-state index contributed by atoms with van der Waals surface area (Å²) in [6.45, 7) is 1.48. The van der Waals surface area contributed by atoms with Crippen LogP contribution in [0.3, 0.4) is 0 Å². The Kier molecular flexibility index (Phi) is 4.46. The van der Waals surface area contributed by atoms with E-state index in [0.29, 0.717) is 0 Å². The van der Waals surface area contributed by atoms with Crippen molar-refractivity contribution < 1.29 is 19.5 Å². The standard InChI is InChI=1S/C13H21N3O4/c1-15(8-10(17)16-6-2-3-7-16)13(20)14-11(12(18)19)9-4-5-9/h9,11H,2-8H2,1H3,(H,14,20)(H,18,19). The second kappa shape index (κ2) is 6.11. The number of hydrogen-bond donors (Lipinski definition) is 2. The molecule has 2 fully saturated rings. The van der Waals surface area contributed by atoms with Gasteiger partial charge in [-0.05, 0) is 31.6 Å². The lowest BCUT2D eigenvalue weighted by atomic mass is 10.2. The van der Waals surface area contributed by atoms with Crippen molar-refractivity contribution in [2.75, 3.05) is 26.7 Å². The van der Waals surface area contributed by atoms with Crippen LogP contribution in [0.15, 0.2) is 0 Å². The zero-order chi connectivity index (χ0) is 14.7. The molecule has 0 bridgehead atoms. The van der Waals surface area contributed by atoms with Crippen molar-refractivity contribution in [2.45, 2.75) is 31.7 Å². The van der Waals surface area contributed by atoms with E-state index in [1.54, 1.807) is 4.90 Å². The zero-order valence-electron chi connectivity index (χ0n) is 11.7. The number of carbonyl (C=O) groups excluding carboxylic acids is 2. The summed E-state index contributed by atoms with van der Waals surface area (Å²) < 4.78 is 0. The van der Waals surface area contributed by atoms with E-state index in [-0.39, 0.29) is 18.4 Å². The summed E-state index contributed by atoms with van der Waals surface area (Å²) in [4.78, 5) is 37.9. The van der Waals surface area contributed by atoms with Crippen molar-refractivity contribution in [3.8, 4) is 0 Å². The predicted molar refractivity (Wildman–Crippen MR) is 71.1 cm³/mol. The lowest BCUT2D eigenvalue weighted by Crippen LogP contribution is -2.50. The Labute approximate surface area is 117 Å². The maximum absolute atomic E-state index is 11.9. The summed E-state index contributed by atoms with van der Waals surface area (Å²) in [7, 11) is 1.51. The summed E-state index contributed by atoms with van der Waals surface area (Å²) in [6.07, 6.45) is 3.66. The van der Waals surface area contributed by atoms with Crippen molar-refractivity contribution in [3.63, 3.8) is 0 Å². The number of aliphatic carboxylic acids is 1. The molecule has 1 aliphatic carbocycles. The molecule has 7 heteroatoms. The van der Waals surface area contributed by atoms with Crippen LogP contribution in [0, 0.1) is 5.92 Å². The molecule has 1 heterocycles. The second-order valence-corrected chi connectivity index (χ2v) is 5.55. The van der Waals surface area contributed by atoms with Crippen molar-refractivity contribution >= 4 is 17.9 Å². The monoisotopic (exact) mass is 283 g/mol. The van der Waals surface area contributed by atoms with Gasteiger partial charge in [-0.1, -0.05) is 0 Å². The van der Waals surface area contributed by atoms with Crippen LogP contribution < -0.4 is 5.32 Å². The number of carbonyl (C=O) groups is 3. The molecule has 2 N–H and O–H groups in total. The lowest BCUT2D eigenvalue weighted by Gasteiger charge is -2.23. The van der Waals surface area contributed by atoms with E-state index < -0.39 is 18.0 Å². The van der Waals surface area contributed by atoms with Crippen LogP contribution in [0.2, 0.25) is 0 Å². The summed E-state index contributed by atoms with van der Waals surface area (Å²) in [5, 5.41) is 11.6. The highest BCUT2D eigenvalue weighted by Crippen LogP contribution is 2.32. The van der Waals surface area contributed by atoms with E-state index in [2.05, 4.69) is 5.32 Å². The summed E-state index contributed by atoms with van der Waals surface area (Å²) in [6, 6.07) is -1.34. The topological polar surface area (TPSA) is 90.0 Å². The molecular formula is C13H21N3O4. The van der Waals surface area contributed by atoms with E-state index in [1.165, 1.54) is 11.9 Å². The van der Waals surface area contributed by atoms with Crippen LogP contribution in [0.1, 0.15) is 25.7 Å². The van der Waals surface area contributed by atoms with Gasteiger partial charge in [0.05, 0.1) is 0 Å². The van der Waals surface area contributed by atoms with Gasteiger partial charge in [0.1, 0.15) is 12.6 Å². The quantitative estimate of drug-likeness (QED) is 0.749. The van der Waals surface area contributed by atoms with Gasteiger partial charge in [-0.15, -0.1) is 0 Å². The first-order valence-corrected chi connectivity index (χ1v) is 7.01. The molecule has 3 amide bonds. The average Bonchev–Trinajstić information content (AvgIpc) is 3.07. The van der Waals surface area contributed by atoms with E-state index in [9.17, 15) is 14.4 Å². The third kappa shape index (κ3) is 3.61. The SMILES string of the molecule is CN(CC(=O)N1CCCC1)C(=O)NC(C(=O)O)C1CC1. The Morgan fingerprint density at radius 3 is 2.40 bits per heavy atom. The first-order chi connectivity index (χ1) is 9.49. The highest BCUT2D eigenvalue weighted by molar-refractivity contribution is 5.86.